The van der Waals surface area contributed by atoms with Gasteiger partial charge in [-0.1, -0.05) is 12.1 Å². The molecule has 0 aliphatic carbocycles. The number of esters is 1. The molecule has 0 aromatic heterocycles. The average Bonchev–Trinajstić information content (AvgIpc) is 3.13. The van der Waals surface area contributed by atoms with Gasteiger partial charge in [0.05, 0.1) is 5.56 Å². The number of benzene rings is 2. The fourth-order valence-electron chi connectivity index (χ4n) is 2.61. The highest BCUT2D eigenvalue weighted by Gasteiger charge is 2.18. The fourth-order valence-corrected chi connectivity index (χ4v) is 2.61. The number of ether oxygens (including phenoxy) is 3. The van der Waals surface area contributed by atoms with E-state index >= 15 is 0 Å². The van der Waals surface area contributed by atoms with Crippen molar-refractivity contribution in [3.8, 4) is 11.5 Å². The van der Waals surface area contributed by atoms with Crippen molar-refractivity contribution in [1.29, 1.82) is 0 Å². The van der Waals surface area contributed by atoms with Crippen LogP contribution in [0.4, 0.5) is 5.69 Å². The topological polar surface area (TPSA) is 68.3 Å². The minimum Gasteiger partial charge on any atom is -0.454 e. The van der Waals surface area contributed by atoms with Crippen LogP contribution in [0.3, 0.4) is 0 Å². The second kappa shape index (κ2) is 7.99. The zero-order chi connectivity index (χ0) is 19.4. The minimum atomic E-state index is -0.578. The molecule has 3 rings (SSSR count). The quantitative estimate of drug-likeness (QED) is 0.727. The SMILES string of the molecule is CN(Cc1ccc(N(C)C)cc1)C(=O)COC(=O)c1ccc2c(c1)OCO2. The Morgan fingerprint density at radius 3 is 2.41 bits per heavy atom. The summed E-state index contributed by atoms with van der Waals surface area (Å²) in [5.74, 6) is 0.225. The second-order valence-corrected chi connectivity index (χ2v) is 6.45. The lowest BCUT2D eigenvalue weighted by molar-refractivity contribution is -0.133. The van der Waals surface area contributed by atoms with E-state index in [4.69, 9.17) is 14.2 Å². The molecule has 7 heteroatoms. The largest absolute Gasteiger partial charge is 0.454 e. The summed E-state index contributed by atoms with van der Waals surface area (Å²) in [5.41, 5.74) is 2.40. The number of hydrogen-bond donors (Lipinski definition) is 0. The van der Waals surface area contributed by atoms with E-state index in [-0.39, 0.29) is 19.3 Å². The van der Waals surface area contributed by atoms with E-state index in [9.17, 15) is 9.59 Å². The molecule has 0 saturated heterocycles. The monoisotopic (exact) mass is 370 g/mol. The van der Waals surface area contributed by atoms with Crippen LogP contribution in [0.25, 0.3) is 0 Å². The molecule has 142 valence electrons. The van der Waals surface area contributed by atoms with Crippen LogP contribution in [-0.4, -0.2) is 51.3 Å². The third-order valence-corrected chi connectivity index (χ3v) is 4.23. The van der Waals surface area contributed by atoms with Crippen LogP contribution in [0, 0.1) is 0 Å². The number of amides is 1. The zero-order valence-electron chi connectivity index (χ0n) is 15.6. The molecule has 1 aliphatic rings. The first kappa shape index (κ1) is 18.6. The predicted molar refractivity (Wildman–Crippen MR) is 100 cm³/mol. The summed E-state index contributed by atoms with van der Waals surface area (Å²) >= 11 is 0. The average molecular weight is 370 g/mol. The van der Waals surface area contributed by atoms with E-state index in [0.29, 0.717) is 23.6 Å². The van der Waals surface area contributed by atoms with Gasteiger partial charge < -0.3 is 24.0 Å². The number of fused-ring (bicyclic) bond motifs is 1. The Bertz CT molecular complexity index is 833. The highest BCUT2D eigenvalue weighted by Crippen LogP contribution is 2.32. The zero-order valence-corrected chi connectivity index (χ0v) is 15.6. The van der Waals surface area contributed by atoms with E-state index in [0.717, 1.165) is 11.3 Å². The summed E-state index contributed by atoms with van der Waals surface area (Å²) in [6, 6.07) is 12.7. The minimum absolute atomic E-state index is 0.132. The molecule has 2 aromatic rings. The molecule has 0 saturated carbocycles. The third-order valence-electron chi connectivity index (χ3n) is 4.23. The number of anilines is 1. The van der Waals surface area contributed by atoms with Gasteiger partial charge in [-0.3, -0.25) is 4.79 Å². The van der Waals surface area contributed by atoms with E-state index in [2.05, 4.69) is 0 Å². The van der Waals surface area contributed by atoms with Crippen LogP contribution in [0.5, 0.6) is 11.5 Å². The van der Waals surface area contributed by atoms with Crippen LogP contribution >= 0.6 is 0 Å². The van der Waals surface area contributed by atoms with Crippen molar-refractivity contribution >= 4 is 17.6 Å². The Morgan fingerprint density at radius 1 is 1.00 bits per heavy atom. The number of nitrogens with zero attached hydrogens (tertiary/aromatic N) is 2. The van der Waals surface area contributed by atoms with Crippen molar-refractivity contribution in [1.82, 2.24) is 4.90 Å². The Labute approximate surface area is 158 Å². The van der Waals surface area contributed by atoms with Gasteiger partial charge in [0.2, 0.25) is 6.79 Å². The molecule has 0 fully saturated rings. The number of carbonyl (C=O) groups excluding carboxylic acids is 2. The van der Waals surface area contributed by atoms with Crippen molar-refractivity contribution in [2.45, 2.75) is 6.54 Å². The third kappa shape index (κ3) is 4.49. The molecular formula is C20H22N2O5. The molecule has 1 heterocycles. The molecule has 0 unspecified atom stereocenters. The molecule has 7 nitrogen and oxygen atoms in total. The van der Waals surface area contributed by atoms with Crippen LogP contribution in [-0.2, 0) is 16.1 Å². The molecule has 0 spiro atoms. The molecule has 0 atom stereocenters. The van der Waals surface area contributed by atoms with Crippen LogP contribution in [0.1, 0.15) is 15.9 Å². The molecule has 2 aromatic carbocycles. The van der Waals surface area contributed by atoms with Crippen LogP contribution < -0.4 is 14.4 Å². The van der Waals surface area contributed by atoms with Gasteiger partial charge in [0.1, 0.15) is 0 Å². The Morgan fingerprint density at radius 2 is 1.70 bits per heavy atom. The molecule has 1 amide bonds. The van der Waals surface area contributed by atoms with Crippen molar-refractivity contribution in [2.24, 2.45) is 0 Å². The van der Waals surface area contributed by atoms with Crippen LogP contribution in [0.15, 0.2) is 42.5 Å². The lowest BCUT2D eigenvalue weighted by atomic mass is 10.2. The Kier molecular flexibility index (Phi) is 5.49. The highest BCUT2D eigenvalue weighted by atomic mass is 16.7. The fraction of sp³-hybridized carbons (Fsp3) is 0.300. The van der Waals surface area contributed by atoms with Crippen molar-refractivity contribution < 1.29 is 23.8 Å². The normalized spacial score (nSPS) is 11.8. The number of likely N-dealkylation sites (N-methyl/N-ethyl adjacent to an activating group) is 1. The summed E-state index contributed by atoms with van der Waals surface area (Å²) in [4.78, 5) is 27.9. The van der Waals surface area contributed by atoms with E-state index in [1.54, 1.807) is 25.2 Å². The smallest absolute Gasteiger partial charge is 0.338 e. The molecule has 27 heavy (non-hydrogen) atoms. The van der Waals surface area contributed by atoms with Gasteiger partial charge in [-0.25, -0.2) is 4.79 Å². The van der Waals surface area contributed by atoms with Gasteiger partial charge in [0.15, 0.2) is 18.1 Å². The van der Waals surface area contributed by atoms with Gasteiger partial charge in [-0.2, -0.15) is 0 Å². The van der Waals surface area contributed by atoms with Gasteiger partial charge in [-0.05, 0) is 35.9 Å². The Hall–Kier alpha value is -3.22. The Balaban J connectivity index is 1.51. The number of rotatable bonds is 6. The first-order valence-corrected chi connectivity index (χ1v) is 8.51. The number of hydrogen-bond acceptors (Lipinski definition) is 6. The lowest BCUT2D eigenvalue weighted by Gasteiger charge is -2.18. The van der Waals surface area contributed by atoms with Gasteiger partial charge in [-0.15, -0.1) is 0 Å². The first-order chi connectivity index (χ1) is 12.9. The lowest BCUT2D eigenvalue weighted by Crippen LogP contribution is -2.30. The van der Waals surface area contributed by atoms with Crippen molar-refractivity contribution in [3.63, 3.8) is 0 Å². The molecule has 0 radical (unpaired) electrons. The number of carbonyl (C=O) groups is 2. The highest BCUT2D eigenvalue weighted by molar-refractivity contribution is 5.92. The molecular weight excluding hydrogens is 348 g/mol. The van der Waals surface area contributed by atoms with Gasteiger partial charge >= 0.3 is 5.97 Å². The molecule has 0 N–H and O–H groups in total. The second-order valence-electron chi connectivity index (χ2n) is 6.45. The van der Waals surface area contributed by atoms with Crippen molar-refractivity contribution in [3.05, 3.63) is 53.6 Å². The van der Waals surface area contributed by atoms with Crippen LogP contribution in [0.2, 0.25) is 0 Å². The summed E-state index contributed by atoms with van der Waals surface area (Å²) in [7, 11) is 5.62. The van der Waals surface area contributed by atoms with Crippen molar-refractivity contribution in [2.75, 3.05) is 39.4 Å². The standard InChI is InChI=1S/C20H22N2O5/c1-21(2)16-7-4-14(5-8-16)11-22(3)19(23)12-25-20(24)15-6-9-17-18(10-15)27-13-26-17/h4-10H,11-13H2,1-3H3. The maximum atomic E-state index is 12.2. The maximum Gasteiger partial charge on any atom is 0.338 e. The van der Waals surface area contributed by atoms with E-state index in [1.807, 2.05) is 43.3 Å². The molecule has 0 bridgehead atoms. The molecule has 1 aliphatic heterocycles. The predicted octanol–water partition coefficient (Wildman–Crippen LogP) is 2.30. The summed E-state index contributed by atoms with van der Waals surface area (Å²) < 4.78 is 15.6. The first-order valence-electron chi connectivity index (χ1n) is 8.51. The van der Waals surface area contributed by atoms with Gasteiger partial charge in [0.25, 0.3) is 5.91 Å². The maximum absolute atomic E-state index is 12.2. The summed E-state index contributed by atoms with van der Waals surface area (Å²) in [6.45, 7) is 0.250. The summed E-state index contributed by atoms with van der Waals surface area (Å²) in [5, 5.41) is 0. The van der Waals surface area contributed by atoms with E-state index < -0.39 is 5.97 Å². The summed E-state index contributed by atoms with van der Waals surface area (Å²) in [6.07, 6.45) is 0. The van der Waals surface area contributed by atoms with Gasteiger partial charge in [0, 0.05) is 33.4 Å². The van der Waals surface area contributed by atoms with E-state index in [1.165, 1.54) is 4.90 Å².